The minimum Gasteiger partial charge on any atom is -0.387 e. The Morgan fingerprint density at radius 2 is 2.04 bits per heavy atom. The highest BCUT2D eigenvalue weighted by atomic mass is 16.3. The molecule has 1 aliphatic heterocycles. The standard InChI is InChI=1S/C18H21N3O2/c1-21-10-9-13-11-14(7-8-16(13)21)17(22)12-19-18(23)20-15-5-3-2-4-6-15/h2-8,11,17,22H,9-10,12H2,1H3,(H2,19,20,23). The second-order valence-corrected chi connectivity index (χ2v) is 5.78. The third-order valence-corrected chi connectivity index (χ3v) is 4.10. The highest BCUT2D eigenvalue weighted by Gasteiger charge is 2.18. The molecule has 3 rings (SSSR count). The first-order chi connectivity index (χ1) is 11.1. The quantitative estimate of drug-likeness (QED) is 0.813. The molecule has 0 saturated carbocycles. The summed E-state index contributed by atoms with van der Waals surface area (Å²) in [5.41, 5.74) is 4.02. The van der Waals surface area contributed by atoms with Crippen molar-refractivity contribution in [2.45, 2.75) is 12.5 Å². The monoisotopic (exact) mass is 311 g/mol. The van der Waals surface area contributed by atoms with Gasteiger partial charge in [0, 0.05) is 31.5 Å². The Kier molecular flexibility index (Phi) is 4.48. The smallest absolute Gasteiger partial charge is 0.319 e. The number of urea groups is 1. The molecule has 2 aromatic carbocycles. The molecule has 23 heavy (non-hydrogen) atoms. The fraction of sp³-hybridized carbons (Fsp3) is 0.278. The van der Waals surface area contributed by atoms with Crippen LogP contribution in [0.15, 0.2) is 48.5 Å². The van der Waals surface area contributed by atoms with E-state index in [-0.39, 0.29) is 12.6 Å². The van der Waals surface area contributed by atoms with Gasteiger partial charge in [-0.1, -0.05) is 30.3 Å². The van der Waals surface area contributed by atoms with E-state index in [1.807, 2.05) is 48.5 Å². The zero-order valence-corrected chi connectivity index (χ0v) is 13.1. The summed E-state index contributed by atoms with van der Waals surface area (Å²) in [7, 11) is 2.07. The number of hydrogen-bond donors (Lipinski definition) is 3. The normalized spacial score (nSPS) is 14.3. The number of rotatable bonds is 4. The molecule has 3 N–H and O–H groups in total. The number of nitrogens with zero attached hydrogens (tertiary/aromatic N) is 1. The highest BCUT2D eigenvalue weighted by molar-refractivity contribution is 5.89. The van der Waals surface area contributed by atoms with Crippen molar-refractivity contribution >= 4 is 17.4 Å². The molecule has 0 bridgehead atoms. The molecule has 2 amide bonds. The first-order valence-corrected chi connectivity index (χ1v) is 7.75. The van der Waals surface area contributed by atoms with Crippen LogP contribution in [-0.4, -0.2) is 31.3 Å². The molecule has 1 heterocycles. The SMILES string of the molecule is CN1CCc2cc(C(O)CNC(=O)Nc3ccccc3)ccc21. The number of aliphatic hydroxyl groups excluding tert-OH is 1. The third-order valence-electron chi connectivity index (χ3n) is 4.10. The number of fused-ring (bicyclic) bond motifs is 1. The molecule has 2 aromatic rings. The van der Waals surface area contributed by atoms with Crippen molar-refractivity contribution in [3.8, 4) is 0 Å². The van der Waals surface area contributed by atoms with Crippen molar-refractivity contribution in [2.24, 2.45) is 0 Å². The molecule has 0 aromatic heterocycles. The van der Waals surface area contributed by atoms with Crippen LogP contribution < -0.4 is 15.5 Å². The van der Waals surface area contributed by atoms with Gasteiger partial charge in [0.25, 0.3) is 0 Å². The van der Waals surface area contributed by atoms with Crippen LogP contribution in [0.1, 0.15) is 17.2 Å². The van der Waals surface area contributed by atoms with E-state index < -0.39 is 6.10 Å². The van der Waals surface area contributed by atoms with Crippen molar-refractivity contribution in [3.63, 3.8) is 0 Å². The number of para-hydroxylation sites is 1. The van der Waals surface area contributed by atoms with Crippen LogP contribution in [0.2, 0.25) is 0 Å². The predicted octanol–water partition coefficient (Wildman–Crippen LogP) is 2.53. The number of likely N-dealkylation sites (N-methyl/N-ethyl adjacent to an activating group) is 1. The number of amides is 2. The third kappa shape index (κ3) is 3.63. The number of benzene rings is 2. The van der Waals surface area contributed by atoms with Gasteiger partial charge in [0.15, 0.2) is 0 Å². The van der Waals surface area contributed by atoms with Crippen LogP contribution in [0.3, 0.4) is 0 Å². The Labute approximate surface area is 135 Å². The molecular formula is C18H21N3O2. The first-order valence-electron chi connectivity index (χ1n) is 7.75. The molecule has 5 nitrogen and oxygen atoms in total. The van der Waals surface area contributed by atoms with E-state index in [0.717, 1.165) is 24.2 Å². The fourth-order valence-electron chi connectivity index (χ4n) is 2.80. The van der Waals surface area contributed by atoms with Gasteiger partial charge in [0.2, 0.25) is 0 Å². The lowest BCUT2D eigenvalue weighted by Gasteiger charge is -2.16. The van der Waals surface area contributed by atoms with Crippen LogP contribution in [0.5, 0.6) is 0 Å². The number of anilines is 2. The molecule has 0 spiro atoms. The van der Waals surface area contributed by atoms with Crippen LogP contribution in [-0.2, 0) is 6.42 Å². The fourth-order valence-corrected chi connectivity index (χ4v) is 2.80. The lowest BCUT2D eigenvalue weighted by molar-refractivity contribution is 0.175. The lowest BCUT2D eigenvalue weighted by Crippen LogP contribution is -2.32. The maximum absolute atomic E-state index is 11.8. The van der Waals surface area contributed by atoms with E-state index in [9.17, 15) is 9.90 Å². The van der Waals surface area contributed by atoms with E-state index in [0.29, 0.717) is 0 Å². The van der Waals surface area contributed by atoms with Gasteiger partial charge in [0.05, 0.1) is 6.10 Å². The van der Waals surface area contributed by atoms with Gasteiger partial charge in [-0.3, -0.25) is 0 Å². The Hall–Kier alpha value is -2.53. The Morgan fingerprint density at radius 1 is 1.26 bits per heavy atom. The molecule has 0 fully saturated rings. The zero-order valence-electron chi connectivity index (χ0n) is 13.1. The van der Waals surface area contributed by atoms with Gasteiger partial charge in [-0.15, -0.1) is 0 Å². The number of aliphatic hydroxyl groups is 1. The van der Waals surface area contributed by atoms with Gasteiger partial charge < -0.3 is 20.6 Å². The maximum Gasteiger partial charge on any atom is 0.319 e. The van der Waals surface area contributed by atoms with Gasteiger partial charge in [-0.2, -0.15) is 0 Å². The highest BCUT2D eigenvalue weighted by Crippen LogP contribution is 2.29. The van der Waals surface area contributed by atoms with Gasteiger partial charge in [0.1, 0.15) is 0 Å². The van der Waals surface area contributed by atoms with Crippen molar-refractivity contribution in [1.82, 2.24) is 5.32 Å². The summed E-state index contributed by atoms with van der Waals surface area (Å²) in [5.74, 6) is 0. The Balaban J connectivity index is 1.55. The minimum atomic E-state index is -0.715. The molecular weight excluding hydrogens is 290 g/mol. The lowest BCUT2D eigenvalue weighted by atomic mass is 10.0. The average molecular weight is 311 g/mol. The molecule has 120 valence electrons. The van der Waals surface area contributed by atoms with Gasteiger partial charge in [-0.05, 0) is 35.7 Å². The summed E-state index contributed by atoms with van der Waals surface area (Å²) in [5, 5.41) is 15.7. The Morgan fingerprint density at radius 3 is 2.83 bits per heavy atom. The maximum atomic E-state index is 11.8. The first kappa shape index (κ1) is 15.4. The summed E-state index contributed by atoms with van der Waals surface area (Å²) in [6.45, 7) is 1.18. The summed E-state index contributed by atoms with van der Waals surface area (Å²) in [4.78, 5) is 14.0. The topological polar surface area (TPSA) is 64.6 Å². The molecule has 5 heteroatoms. The van der Waals surface area contributed by atoms with E-state index in [1.54, 1.807) is 0 Å². The van der Waals surface area contributed by atoms with Gasteiger partial charge >= 0.3 is 6.03 Å². The summed E-state index contributed by atoms with van der Waals surface area (Å²) in [6, 6.07) is 14.9. The van der Waals surface area contributed by atoms with Crippen LogP contribution in [0.25, 0.3) is 0 Å². The number of carbonyl (C=O) groups excluding carboxylic acids is 1. The minimum absolute atomic E-state index is 0.174. The van der Waals surface area contributed by atoms with Crippen molar-refractivity contribution in [3.05, 3.63) is 59.7 Å². The predicted molar refractivity (Wildman–Crippen MR) is 91.8 cm³/mol. The molecule has 0 radical (unpaired) electrons. The van der Waals surface area contributed by atoms with Crippen molar-refractivity contribution in [2.75, 3.05) is 30.4 Å². The summed E-state index contributed by atoms with van der Waals surface area (Å²) < 4.78 is 0. The van der Waals surface area contributed by atoms with E-state index in [1.165, 1.54) is 11.3 Å². The number of carbonyl (C=O) groups is 1. The zero-order chi connectivity index (χ0) is 16.2. The largest absolute Gasteiger partial charge is 0.387 e. The number of nitrogens with one attached hydrogen (secondary N) is 2. The van der Waals surface area contributed by atoms with Crippen LogP contribution in [0.4, 0.5) is 16.2 Å². The molecule has 0 aliphatic carbocycles. The summed E-state index contributed by atoms with van der Waals surface area (Å²) >= 11 is 0. The molecule has 0 saturated heterocycles. The van der Waals surface area contributed by atoms with E-state index in [4.69, 9.17) is 0 Å². The second-order valence-electron chi connectivity index (χ2n) is 5.78. The summed E-state index contributed by atoms with van der Waals surface area (Å²) in [6.07, 6.45) is 0.279. The number of hydrogen-bond acceptors (Lipinski definition) is 3. The van der Waals surface area contributed by atoms with E-state index >= 15 is 0 Å². The Bertz CT molecular complexity index is 688. The van der Waals surface area contributed by atoms with Crippen LogP contribution in [0, 0.1) is 0 Å². The molecule has 1 atom stereocenters. The van der Waals surface area contributed by atoms with Gasteiger partial charge in [-0.25, -0.2) is 4.79 Å². The molecule has 1 unspecified atom stereocenters. The van der Waals surface area contributed by atoms with Crippen LogP contribution >= 0.6 is 0 Å². The molecule has 1 aliphatic rings. The van der Waals surface area contributed by atoms with E-state index in [2.05, 4.69) is 22.6 Å². The van der Waals surface area contributed by atoms with Crippen molar-refractivity contribution < 1.29 is 9.90 Å². The second kappa shape index (κ2) is 6.71. The van der Waals surface area contributed by atoms with Crippen molar-refractivity contribution in [1.29, 1.82) is 0 Å². The average Bonchev–Trinajstić information content (AvgIpc) is 2.94.